The number of hydrogen-bond donors (Lipinski definition) is 0. The minimum absolute atomic E-state index is 0.711. The Morgan fingerprint density at radius 2 is 1.67 bits per heavy atom. The van der Waals surface area contributed by atoms with Crippen molar-refractivity contribution < 1.29 is 0 Å². The summed E-state index contributed by atoms with van der Waals surface area (Å²) in [4.78, 5) is 2.50. The van der Waals surface area contributed by atoms with Crippen LogP contribution in [0.15, 0.2) is 54.6 Å². The van der Waals surface area contributed by atoms with E-state index in [1.165, 1.54) is 17.7 Å². The highest BCUT2D eigenvalue weighted by Crippen LogP contribution is 2.25. The monoisotopic (exact) mass is 257 g/mol. The minimum Gasteiger partial charge on any atom is -0.293 e. The topological polar surface area (TPSA) is 3.01 Å². The van der Waals surface area contributed by atoms with Gasteiger partial charge in [0.1, 0.15) is 0 Å². The molecule has 0 aromatic heterocycles. The van der Waals surface area contributed by atoms with Gasteiger partial charge in [0.05, 0.1) is 0 Å². The summed E-state index contributed by atoms with van der Waals surface area (Å²) >= 11 is 5.89. The van der Waals surface area contributed by atoms with Crippen LogP contribution in [0.5, 0.6) is 0 Å². The number of benzene rings is 2. The maximum Gasteiger partial charge on any atom is 0.0406 e. The number of halogens is 1. The highest BCUT2D eigenvalue weighted by molar-refractivity contribution is 6.30. The summed E-state index contributed by atoms with van der Waals surface area (Å²) < 4.78 is 0. The van der Waals surface area contributed by atoms with E-state index in [4.69, 9.17) is 11.6 Å². The fourth-order valence-electron chi connectivity index (χ4n) is 2.32. The second-order valence-electron chi connectivity index (χ2n) is 4.90. The van der Waals surface area contributed by atoms with Gasteiger partial charge in [-0.25, -0.2) is 0 Å². The van der Waals surface area contributed by atoms with Gasteiger partial charge in [0, 0.05) is 24.2 Å². The zero-order chi connectivity index (χ0) is 12.4. The first-order chi connectivity index (χ1) is 8.81. The van der Waals surface area contributed by atoms with Crippen molar-refractivity contribution in [3.05, 3.63) is 70.7 Å². The molecule has 2 atom stereocenters. The molecule has 1 aliphatic rings. The molecule has 3 rings (SSSR count). The van der Waals surface area contributed by atoms with Crippen molar-refractivity contribution in [2.45, 2.75) is 19.0 Å². The predicted octanol–water partition coefficient (Wildman–Crippen LogP) is 3.77. The van der Waals surface area contributed by atoms with E-state index in [0.29, 0.717) is 6.04 Å². The quantitative estimate of drug-likeness (QED) is 0.754. The van der Waals surface area contributed by atoms with Crippen LogP contribution in [0.25, 0.3) is 0 Å². The van der Waals surface area contributed by atoms with Crippen molar-refractivity contribution in [1.82, 2.24) is 4.90 Å². The van der Waals surface area contributed by atoms with Crippen molar-refractivity contribution in [3.63, 3.8) is 0 Å². The zero-order valence-electron chi connectivity index (χ0n) is 10.2. The van der Waals surface area contributed by atoms with E-state index in [1.54, 1.807) is 0 Å². The predicted molar refractivity (Wildman–Crippen MR) is 75.8 cm³/mol. The van der Waals surface area contributed by atoms with Gasteiger partial charge in [-0.1, -0.05) is 54.1 Å². The Hall–Kier alpha value is -1.31. The smallest absolute Gasteiger partial charge is 0.0406 e. The maximum absolute atomic E-state index is 5.89. The molecule has 2 aromatic rings. The van der Waals surface area contributed by atoms with Crippen LogP contribution in [-0.4, -0.2) is 17.5 Å². The lowest BCUT2D eigenvalue weighted by Crippen LogP contribution is -2.04. The average Bonchev–Trinajstić information content (AvgIpc) is 3.11. The highest BCUT2D eigenvalue weighted by Gasteiger charge is 2.33. The summed E-state index contributed by atoms with van der Waals surface area (Å²) in [5, 5.41) is 0.811. The Morgan fingerprint density at radius 3 is 2.39 bits per heavy atom. The highest BCUT2D eigenvalue weighted by atomic mass is 35.5. The lowest BCUT2D eigenvalue weighted by Gasteiger charge is -2.04. The van der Waals surface area contributed by atoms with E-state index in [0.717, 1.165) is 18.0 Å². The van der Waals surface area contributed by atoms with Gasteiger partial charge >= 0.3 is 0 Å². The largest absolute Gasteiger partial charge is 0.293 e. The molecule has 18 heavy (non-hydrogen) atoms. The second kappa shape index (κ2) is 5.13. The standard InChI is InChI=1S/C16H16ClN/c17-15-8-6-14(7-9-15)11-18-12-16(18)10-13-4-2-1-3-5-13/h1-9,16H,10-12H2/t16-,18?/m0/s1. The Balaban J connectivity index is 1.54. The van der Waals surface area contributed by atoms with Crippen molar-refractivity contribution in [3.8, 4) is 0 Å². The Labute approximate surface area is 113 Å². The summed E-state index contributed by atoms with van der Waals surface area (Å²) in [5.74, 6) is 0. The Morgan fingerprint density at radius 1 is 0.944 bits per heavy atom. The zero-order valence-corrected chi connectivity index (χ0v) is 11.0. The summed E-state index contributed by atoms with van der Waals surface area (Å²) in [7, 11) is 0. The fraction of sp³-hybridized carbons (Fsp3) is 0.250. The van der Waals surface area contributed by atoms with E-state index < -0.39 is 0 Å². The van der Waals surface area contributed by atoms with Crippen LogP contribution in [0, 0.1) is 0 Å². The lowest BCUT2D eigenvalue weighted by atomic mass is 10.1. The first-order valence-corrected chi connectivity index (χ1v) is 6.71. The molecular formula is C16H16ClN. The van der Waals surface area contributed by atoms with Crippen LogP contribution < -0.4 is 0 Å². The normalized spacial score (nSPS) is 21.8. The molecule has 92 valence electrons. The first-order valence-electron chi connectivity index (χ1n) is 6.34. The SMILES string of the molecule is Clc1ccc(CN2C[C@@H]2Cc2ccccc2)cc1. The van der Waals surface area contributed by atoms with Crippen LogP contribution in [0.2, 0.25) is 5.02 Å². The van der Waals surface area contributed by atoms with Gasteiger partial charge in [-0.15, -0.1) is 0 Å². The van der Waals surface area contributed by atoms with Gasteiger partial charge in [0.2, 0.25) is 0 Å². The van der Waals surface area contributed by atoms with E-state index in [9.17, 15) is 0 Å². The Kier molecular flexibility index (Phi) is 3.35. The van der Waals surface area contributed by atoms with E-state index in [2.05, 4.69) is 47.4 Å². The molecule has 1 heterocycles. The van der Waals surface area contributed by atoms with E-state index in [-0.39, 0.29) is 0 Å². The minimum atomic E-state index is 0.711. The molecule has 2 aromatic carbocycles. The summed E-state index contributed by atoms with van der Waals surface area (Å²) in [6.07, 6.45) is 1.16. The molecule has 1 saturated heterocycles. The molecule has 2 heteroatoms. The van der Waals surface area contributed by atoms with Gasteiger partial charge < -0.3 is 0 Å². The number of nitrogens with zero attached hydrogens (tertiary/aromatic N) is 1. The summed E-state index contributed by atoms with van der Waals surface area (Å²) in [6.45, 7) is 2.24. The van der Waals surface area contributed by atoms with E-state index >= 15 is 0 Å². The number of hydrogen-bond acceptors (Lipinski definition) is 1. The third-order valence-electron chi connectivity index (χ3n) is 3.44. The maximum atomic E-state index is 5.89. The third kappa shape index (κ3) is 2.92. The van der Waals surface area contributed by atoms with Crippen molar-refractivity contribution in [2.24, 2.45) is 0 Å². The van der Waals surface area contributed by atoms with Gasteiger partial charge in [0.25, 0.3) is 0 Å². The van der Waals surface area contributed by atoms with Crippen molar-refractivity contribution in [1.29, 1.82) is 0 Å². The number of rotatable bonds is 4. The van der Waals surface area contributed by atoms with Crippen LogP contribution in [0.1, 0.15) is 11.1 Å². The van der Waals surface area contributed by atoms with Gasteiger partial charge in [-0.3, -0.25) is 4.90 Å². The lowest BCUT2D eigenvalue weighted by molar-refractivity contribution is 0.499. The summed E-state index contributed by atoms with van der Waals surface area (Å²) in [5.41, 5.74) is 2.77. The van der Waals surface area contributed by atoms with Crippen molar-refractivity contribution >= 4 is 11.6 Å². The molecule has 1 unspecified atom stereocenters. The molecule has 0 saturated carbocycles. The molecule has 0 aliphatic carbocycles. The van der Waals surface area contributed by atoms with Crippen LogP contribution in [0.3, 0.4) is 0 Å². The second-order valence-corrected chi connectivity index (χ2v) is 5.34. The van der Waals surface area contributed by atoms with Crippen molar-refractivity contribution in [2.75, 3.05) is 6.54 Å². The first kappa shape index (κ1) is 11.8. The molecule has 1 fully saturated rings. The third-order valence-corrected chi connectivity index (χ3v) is 3.69. The molecular weight excluding hydrogens is 242 g/mol. The van der Waals surface area contributed by atoms with Crippen LogP contribution in [0.4, 0.5) is 0 Å². The Bertz CT molecular complexity index is 506. The van der Waals surface area contributed by atoms with E-state index in [1.807, 2.05) is 12.1 Å². The molecule has 1 nitrogen and oxygen atoms in total. The van der Waals surface area contributed by atoms with Gasteiger partial charge in [-0.2, -0.15) is 0 Å². The molecule has 0 N–H and O–H groups in total. The molecule has 0 bridgehead atoms. The van der Waals surface area contributed by atoms with Crippen LogP contribution in [-0.2, 0) is 13.0 Å². The summed E-state index contributed by atoms with van der Waals surface area (Å²) in [6, 6.07) is 19.6. The van der Waals surface area contributed by atoms with Gasteiger partial charge in [-0.05, 0) is 29.7 Å². The van der Waals surface area contributed by atoms with Crippen LogP contribution >= 0.6 is 11.6 Å². The molecule has 0 radical (unpaired) electrons. The molecule has 0 amide bonds. The molecule has 1 aliphatic heterocycles. The average molecular weight is 258 g/mol. The molecule has 0 spiro atoms. The van der Waals surface area contributed by atoms with Gasteiger partial charge in [0.15, 0.2) is 0 Å². The fourth-order valence-corrected chi connectivity index (χ4v) is 2.45.